The lowest BCUT2D eigenvalue weighted by Crippen LogP contribution is -2.17. The number of rotatable bonds is 6. The minimum Gasteiger partial charge on any atom is -0.310 e. The maximum Gasteiger partial charge on any atom is 0.0553 e. The van der Waals surface area contributed by atoms with Crippen LogP contribution in [0.4, 0.5) is 17.1 Å². The Morgan fingerprint density at radius 1 is 0.491 bits per heavy atom. The number of hydrogen-bond donors (Lipinski definition) is 0. The van der Waals surface area contributed by atoms with Crippen molar-refractivity contribution < 1.29 is 0 Å². The molecule has 0 aliphatic heterocycles. The summed E-state index contributed by atoms with van der Waals surface area (Å²) in [6, 6.07) is 58.1. The van der Waals surface area contributed by atoms with Crippen LogP contribution in [0.2, 0.25) is 0 Å². The summed E-state index contributed by atoms with van der Waals surface area (Å²) in [5.74, 6) is 0. The first-order valence-electron chi connectivity index (χ1n) is 18.6. The monoisotopic (exact) mass is 680 g/mol. The first-order valence-corrected chi connectivity index (χ1v) is 18.6. The van der Waals surface area contributed by atoms with Gasteiger partial charge in [0.1, 0.15) is 0 Å². The largest absolute Gasteiger partial charge is 0.310 e. The normalized spacial score (nSPS) is 13.4. The lowest BCUT2D eigenvalue weighted by Gasteiger charge is -2.30. The van der Waals surface area contributed by atoms with Gasteiger partial charge in [0.15, 0.2) is 0 Å². The van der Waals surface area contributed by atoms with E-state index < -0.39 is 0 Å². The minimum atomic E-state index is -0.157. The molecular formula is C51H40N2. The summed E-state index contributed by atoms with van der Waals surface area (Å²) in [5, 5.41) is 5.22. The summed E-state index contributed by atoms with van der Waals surface area (Å²) in [4.78, 5) is 2.43. The molecule has 0 atom stereocenters. The van der Waals surface area contributed by atoms with Crippen LogP contribution in [0.1, 0.15) is 47.2 Å². The van der Waals surface area contributed by atoms with Gasteiger partial charge in [-0.25, -0.2) is 0 Å². The Morgan fingerprint density at radius 3 is 1.85 bits per heavy atom. The van der Waals surface area contributed by atoms with E-state index >= 15 is 0 Å². The summed E-state index contributed by atoms with van der Waals surface area (Å²) >= 11 is 0. The average molecular weight is 681 g/mol. The van der Waals surface area contributed by atoms with Crippen LogP contribution in [0.15, 0.2) is 158 Å². The van der Waals surface area contributed by atoms with Crippen LogP contribution in [0.25, 0.3) is 61.5 Å². The molecule has 0 radical (unpaired) electrons. The van der Waals surface area contributed by atoms with Crippen LogP contribution >= 0.6 is 0 Å². The molecule has 254 valence electrons. The van der Waals surface area contributed by atoms with Gasteiger partial charge in [-0.3, -0.25) is 0 Å². The molecule has 0 unspecified atom stereocenters. The average Bonchev–Trinajstić information content (AvgIpc) is 3.63. The number of aryl methyl sites for hydroxylation is 2. The van der Waals surface area contributed by atoms with Gasteiger partial charge < -0.3 is 9.47 Å². The second kappa shape index (κ2) is 11.8. The molecule has 0 bridgehead atoms. The molecule has 1 aliphatic carbocycles. The van der Waals surface area contributed by atoms with Gasteiger partial charge in [0, 0.05) is 38.9 Å². The predicted octanol–water partition coefficient (Wildman–Crippen LogP) is 13.9. The van der Waals surface area contributed by atoms with Crippen molar-refractivity contribution >= 4 is 61.8 Å². The Labute approximate surface area is 311 Å². The molecule has 0 N–H and O–H groups in total. The van der Waals surface area contributed by atoms with Crippen molar-refractivity contribution in [3.05, 3.63) is 191 Å². The predicted molar refractivity (Wildman–Crippen MR) is 227 cm³/mol. The van der Waals surface area contributed by atoms with Crippen molar-refractivity contribution in [3.63, 3.8) is 0 Å². The molecule has 0 spiro atoms. The number of para-hydroxylation sites is 3. The highest BCUT2D eigenvalue weighted by Crippen LogP contribution is 2.51. The third-order valence-electron chi connectivity index (χ3n) is 11.6. The molecule has 1 aromatic heterocycles. The number of aromatic nitrogens is 1. The molecule has 0 amide bonds. The van der Waals surface area contributed by atoms with Crippen molar-refractivity contribution in [1.82, 2.24) is 4.57 Å². The van der Waals surface area contributed by atoms with Crippen LogP contribution in [0.5, 0.6) is 0 Å². The smallest absolute Gasteiger partial charge is 0.0553 e. The fraction of sp³-hybridized carbons (Fsp3) is 0.0980. The summed E-state index contributed by atoms with van der Waals surface area (Å²) in [6.07, 6.45) is 4.56. The van der Waals surface area contributed by atoms with E-state index in [4.69, 9.17) is 0 Å². The summed E-state index contributed by atoms with van der Waals surface area (Å²) in [7, 11) is 0. The second-order valence-corrected chi connectivity index (χ2v) is 15.2. The molecular weight excluding hydrogens is 641 g/mol. The maximum absolute atomic E-state index is 2.43. The first kappa shape index (κ1) is 31.4. The highest BCUT2D eigenvalue weighted by Gasteiger charge is 2.36. The van der Waals surface area contributed by atoms with E-state index in [-0.39, 0.29) is 5.41 Å². The Bertz CT molecular complexity index is 2840. The quantitative estimate of drug-likeness (QED) is 0.125. The topological polar surface area (TPSA) is 8.17 Å². The van der Waals surface area contributed by atoms with Gasteiger partial charge >= 0.3 is 0 Å². The zero-order chi connectivity index (χ0) is 35.8. The summed E-state index contributed by atoms with van der Waals surface area (Å²) in [5.41, 5.74) is 17.4. The molecule has 0 saturated carbocycles. The van der Waals surface area contributed by atoms with Crippen molar-refractivity contribution in [2.45, 2.75) is 33.1 Å². The van der Waals surface area contributed by atoms with Crippen molar-refractivity contribution in [3.8, 4) is 16.8 Å². The van der Waals surface area contributed by atoms with E-state index in [1.54, 1.807) is 0 Å². The molecule has 9 aromatic rings. The molecule has 1 heterocycles. The van der Waals surface area contributed by atoms with Crippen molar-refractivity contribution in [2.24, 2.45) is 0 Å². The van der Waals surface area contributed by atoms with Crippen LogP contribution in [-0.2, 0) is 5.41 Å². The maximum atomic E-state index is 2.43. The lowest BCUT2D eigenvalue weighted by atomic mass is 9.81. The highest BCUT2D eigenvalue weighted by atomic mass is 15.1. The number of nitrogens with zero attached hydrogens (tertiary/aromatic N) is 2. The van der Waals surface area contributed by atoms with Crippen molar-refractivity contribution in [1.29, 1.82) is 0 Å². The van der Waals surface area contributed by atoms with E-state index in [1.165, 1.54) is 99.8 Å². The number of fused-ring (bicyclic) bond motifs is 3. The third-order valence-corrected chi connectivity index (χ3v) is 11.6. The van der Waals surface area contributed by atoms with Gasteiger partial charge in [-0.2, -0.15) is 0 Å². The van der Waals surface area contributed by atoms with Crippen LogP contribution in [0.3, 0.4) is 0 Å². The Balaban J connectivity index is 1.04. The van der Waals surface area contributed by atoms with Gasteiger partial charge in [-0.15, -0.1) is 0 Å². The third kappa shape index (κ3) is 4.86. The van der Waals surface area contributed by atoms with Gasteiger partial charge in [-0.1, -0.05) is 129 Å². The second-order valence-electron chi connectivity index (χ2n) is 15.2. The molecule has 0 saturated heterocycles. The van der Waals surface area contributed by atoms with E-state index in [0.29, 0.717) is 0 Å². The summed E-state index contributed by atoms with van der Waals surface area (Å²) in [6.45, 7) is 9.16. The molecule has 2 heteroatoms. The fourth-order valence-corrected chi connectivity index (χ4v) is 8.88. The molecule has 53 heavy (non-hydrogen) atoms. The first-order chi connectivity index (χ1) is 25.9. The fourth-order valence-electron chi connectivity index (χ4n) is 8.88. The molecule has 1 aliphatic rings. The summed E-state index contributed by atoms with van der Waals surface area (Å²) < 4.78 is 2.42. The Hall–Kier alpha value is -6.38. The molecule has 10 rings (SSSR count). The van der Waals surface area contributed by atoms with E-state index in [0.717, 1.165) is 0 Å². The number of hydrogen-bond acceptors (Lipinski definition) is 1. The van der Waals surface area contributed by atoms with Crippen LogP contribution in [-0.4, -0.2) is 4.57 Å². The van der Waals surface area contributed by atoms with Crippen molar-refractivity contribution in [2.75, 3.05) is 4.90 Å². The van der Waals surface area contributed by atoms with Gasteiger partial charge in [0.25, 0.3) is 0 Å². The van der Waals surface area contributed by atoms with Gasteiger partial charge in [0.2, 0.25) is 0 Å². The lowest BCUT2D eigenvalue weighted by molar-refractivity contribution is 0.660. The van der Waals surface area contributed by atoms with E-state index in [9.17, 15) is 0 Å². The minimum absolute atomic E-state index is 0.157. The van der Waals surface area contributed by atoms with Crippen LogP contribution in [0, 0.1) is 13.8 Å². The van der Waals surface area contributed by atoms with E-state index in [2.05, 4.69) is 207 Å². The van der Waals surface area contributed by atoms with Gasteiger partial charge in [0.05, 0.1) is 11.0 Å². The number of anilines is 3. The SMILES string of the molecule is Cc1ccccc1N(c1ccc2c(c1)C(C)(C)c1cc(C=Cc3cc4ccc5cccc6c5c4c(c3)n6-c3ccccc3)ccc1-2)c1ccccc1C. The van der Waals surface area contributed by atoms with Crippen LogP contribution < -0.4 is 4.90 Å². The standard InChI is InChI=1S/C51H40N2/c1-33-13-8-10-18-45(33)53(46-19-11-9-14-34(46)2)40-26-28-42-41-27-23-35(30-43(41)51(3,4)44(42)32-40)21-22-36-29-38-25-24-37-15-12-20-47-49(37)50(38)48(31-36)52(47)39-16-6-5-7-17-39/h5-32H,1-4H3. The Morgan fingerprint density at radius 2 is 1.11 bits per heavy atom. The van der Waals surface area contributed by atoms with Gasteiger partial charge in [-0.05, 0) is 124 Å². The Kier molecular flexibility index (Phi) is 7.00. The van der Waals surface area contributed by atoms with E-state index in [1.807, 2.05) is 0 Å². The number of benzene rings is 8. The zero-order valence-electron chi connectivity index (χ0n) is 30.6. The zero-order valence-corrected chi connectivity index (χ0v) is 30.6. The molecule has 2 nitrogen and oxygen atoms in total. The molecule has 0 fully saturated rings. The highest BCUT2D eigenvalue weighted by molar-refractivity contribution is 6.24. The molecule has 8 aromatic carbocycles.